The average molecular weight is 155 g/mol. The first-order valence-corrected chi connectivity index (χ1v) is 3.45. The molecule has 0 spiro atoms. The molecule has 54 valence electrons. The Balaban J connectivity index is 3.75. The van der Waals surface area contributed by atoms with Crippen LogP contribution in [0.3, 0.4) is 0 Å². The van der Waals surface area contributed by atoms with E-state index in [0.717, 1.165) is 0 Å². The smallest absolute Gasteiger partial charge is 0.354 e. The molecule has 0 radical (unpaired) electrons. The highest BCUT2D eigenvalue weighted by Crippen LogP contribution is 2.35. The Morgan fingerprint density at radius 1 is 1.67 bits per heavy atom. The summed E-state index contributed by atoms with van der Waals surface area (Å²) in [5.74, 6) is 0. The van der Waals surface area contributed by atoms with Gasteiger partial charge in [-0.05, 0) is 0 Å². The summed E-state index contributed by atoms with van der Waals surface area (Å²) in [6.07, 6.45) is -1.15. The van der Waals surface area contributed by atoms with E-state index in [0.29, 0.717) is 0 Å². The van der Waals surface area contributed by atoms with Gasteiger partial charge in [-0.2, -0.15) is 0 Å². The number of phosphoric ester groups is 1. The van der Waals surface area contributed by atoms with Crippen molar-refractivity contribution in [2.45, 2.75) is 0 Å². The van der Waals surface area contributed by atoms with Crippen LogP contribution in [0.25, 0.3) is 0 Å². The lowest BCUT2D eigenvalue weighted by Crippen LogP contribution is -2.17. The van der Waals surface area contributed by atoms with Gasteiger partial charge in [0.1, 0.15) is 0 Å². The second kappa shape index (κ2) is 2.82. The van der Waals surface area contributed by atoms with Crippen molar-refractivity contribution in [1.82, 2.24) is 5.32 Å². The Kier molecular flexibility index (Phi) is 2.64. The normalized spacial score (nSPS) is 10.6. The topological polar surface area (TPSA) is 95.9 Å². The van der Waals surface area contributed by atoms with E-state index >= 15 is 0 Å². The van der Waals surface area contributed by atoms with Crippen molar-refractivity contribution in [1.29, 1.82) is 0 Å². The van der Waals surface area contributed by atoms with Crippen molar-refractivity contribution in [2.75, 3.05) is 7.05 Å². The Hall–Kier alpha value is -0.580. The molecule has 0 rings (SSSR count). The number of phosphoric acid groups is 1. The van der Waals surface area contributed by atoms with Gasteiger partial charge in [0.25, 0.3) is 0 Å². The maximum Gasteiger partial charge on any atom is 0.528 e. The number of hydrogen-bond donors (Lipinski definition) is 3. The van der Waals surface area contributed by atoms with Crippen LogP contribution in [0, 0.1) is 0 Å². The number of nitrogens with one attached hydrogen (secondary N) is 1. The fourth-order valence-corrected chi connectivity index (χ4v) is 0.461. The first-order valence-electron chi connectivity index (χ1n) is 1.92. The highest BCUT2D eigenvalue weighted by atomic mass is 31.2. The van der Waals surface area contributed by atoms with Crippen LogP contribution in [0.15, 0.2) is 0 Å². The third-order valence-corrected chi connectivity index (χ3v) is 0.810. The summed E-state index contributed by atoms with van der Waals surface area (Å²) in [5.41, 5.74) is 0. The standard InChI is InChI=1S/C2H6NO5P/c1-3-2(4)8-9(5,6)7/h1H3,(H,3,4)(H2,5,6,7). The van der Waals surface area contributed by atoms with E-state index in [2.05, 4.69) is 4.52 Å². The molecule has 1 amide bonds. The predicted molar refractivity (Wildman–Crippen MR) is 27.6 cm³/mol. The van der Waals surface area contributed by atoms with Crippen LogP contribution in [0.4, 0.5) is 4.79 Å². The average Bonchev–Trinajstić information content (AvgIpc) is 1.62. The molecule has 0 aliphatic heterocycles. The lowest BCUT2D eigenvalue weighted by molar-refractivity contribution is 0.178. The summed E-state index contributed by atoms with van der Waals surface area (Å²) in [6, 6.07) is 0. The summed E-state index contributed by atoms with van der Waals surface area (Å²) in [7, 11) is -3.46. The van der Waals surface area contributed by atoms with Crippen molar-refractivity contribution in [3.8, 4) is 0 Å². The fraction of sp³-hybridized carbons (Fsp3) is 0.500. The summed E-state index contributed by atoms with van der Waals surface area (Å²) in [4.78, 5) is 25.9. The van der Waals surface area contributed by atoms with Crippen LogP contribution in [-0.2, 0) is 9.09 Å². The number of hydrogen-bond acceptors (Lipinski definition) is 3. The number of carbonyl (C=O) groups excluding carboxylic acids is 1. The van der Waals surface area contributed by atoms with Crippen molar-refractivity contribution in [3.63, 3.8) is 0 Å². The summed E-state index contributed by atoms with van der Waals surface area (Å²) in [6.45, 7) is 0. The highest BCUT2D eigenvalue weighted by molar-refractivity contribution is 7.46. The summed E-state index contributed by atoms with van der Waals surface area (Å²) < 4.78 is 13.3. The van der Waals surface area contributed by atoms with E-state index in [1.165, 1.54) is 7.05 Å². The van der Waals surface area contributed by atoms with Gasteiger partial charge in [0.05, 0.1) is 0 Å². The van der Waals surface area contributed by atoms with Gasteiger partial charge >= 0.3 is 13.9 Å². The molecule has 0 saturated carbocycles. The molecule has 7 heteroatoms. The van der Waals surface area contributed by atoms with Gasteiger partial charge < -0.3 is 9.84 Å². The van der Waals surface area contributed by atoms with Gasteiger partial charge in [-0.15, -0.1) is 0 Å². The fourth-order valence-electron chi connectivity index (χ4n) is 0.154. The van der Waals surface area contributed by atoms with Gasteiger partial charge in [-0.25, -0.2) is 9.36 Å². The van der Waals surface area contributed by atoms with E-state index < -0.39 is 13.9 Å². The molecule has 0 aliphatic carbocycles. The zero-order chi connectivity index (χ0) is 7.49. The number of carbonyl (C=O) groups is 1. The van der Waals surface area contributed by atoms with Crippen molar-refractivity contribution < 1.29 is 23.7 Å². The molecular formula is C2H6NO5P. The zero-order valence-corrected chi connectivity index (χ0v) is 5.46. The third kappa shape index (κ3) is 5.29. The molecule has 0 aromatic heterocycles. The van der Waals surface area contributed by atoms with Gasteiger partial charge in [-0.3, -0.25) is 9.79 Å². The second-order valence-electron chi connectivity index (χ2n) is 1.12. The molecule has 0 aromatic rings. The van der Waals surface area contributed by atoms with Crippen LogP contribution >= 0.6 is 7.82 Å². The van der Waals surface area contributed by atoms with Gasteiger partial charge in [0.2, 0.25) is 0 Å². The second-order valence-corrected chi connectivity index (χ2v) is 2.28. The molecule has 0 heterocycles. The first-order chi connectivity index (χ1) is 3.95. The largest absolute Gasteiger partial charge is 0.528 e. The van der Waals surface area contributed by atoms with Crippen molar-refractivity contribution in [3.05, 3.63) is 0 Å². The Bertz CT molecular complexity index is 149. The first kappa shape index (κ1) is 8.42. The van der Waals surface area contributed by atoms with Gasteiger partial charge in [-0.1, -0.05) is 0 Å². The molecular weight excluding hydrogens is 149 g/mol. The molecule has 9 heavy (non-hydrogen) atoms. The monoisotopic (exact) mass is 155 g/mol. The molecule has 0 bridgehead atoms. The van der Waals surface area contributed by atoms with Crippen molar-refractivity contribution >= 4 is 13.9 Å². The van der Waals surface area contributed by atoms with E-state index in [9.17, 15) is 9.36 Å². The molecule has 0 saturated heterocycles. The van der Waals surface area contributed by atoms with Gasteiger partial charge in [0.15, 0.2) is 0 Å². The van der Waals surface area contributed by atoms with E-state index in [4.69, 9.17) is 9.79 Å². The minimum Gasteiger partial charge on any atom is -0.354 e. The highest BCUT2D eigenvalue weighted by Gasteiger charge is 2.18. The predicted octanol–water partition coefficient (Wildman–Crippen LogP) is -0.565. The minimum atomic E-state index is -4.65. The molecule has 0 unspecified atom stereocenters. The van der Waals surface area contributed by atoms with Crippen LogP contribution in [0.5, 0.6) is 0 Å². The lowest BCUT2D eigenvalue weighted by atomic mass is 11.1. The molecule has 0 atom stereocenters. The van der Waals surface area contributed by atoms with E-state index in [-0.39, 0.29) is 0 Å². The zero-order valence-electron chi connectivity index (χ0n) is 4.57. The minimum absolute atomic E-state index is 1.15. The summed E-state index contributed by atoms with van der Waals surface area (Å²) in [5, 5.41) is 1.87. The quantitative estimate of drug-likeness (QED) is 0.441. The number of rotatable bonds is 1. The molecule has 0 fully saturated rings. The Morgan fingerprint density at radius 2 is 2.11 bits per heavy atom. The lowest BCUT2D eigenvalue weighted by Gasteiger charge is -2.01. The van der Waals surface area contributed by atoms with Crippen LogP contribution in [-0.4, -0.2) is 22.9 Å². The molecule has 0 aliphatic rings. The van der Waals surface area contributed by atoms with Crippen molar-refractivity contribution in [2.24, 2.45) is 0 Å². The van der Waals surface area contributed by atoms with Crippen LogP contribution < -0.4 is 5.32 Å². The molecule has 0 aromatic carbocycles. The van der Waals surface area contributed by atoms with E-state index in [1.807, 2.05) is 5.32 Å². The molecule has 3 N–H and O–H groups in total. The maximum atomic E-state index is 10.0. The molecule has 6 nitrogen and oxygen atoms in total. The SMILES string of the molecule is CNC(=O)OP(=O)(O)O. The Morgan fingerprint density at radius 3 is 2.22 bits per heavy atom. The Labute approximate surface area is 51.1 Å². The number of amides is 1. The van der Waals surface area contributed by atoms with E-state index in [1.54, 1.807) is 0 Å². The summed E-state index contributed by atoms with van der Waals surface area (Å²) >= 11 is 0. The van der Waals surface area contributed by atoms with Crippen LogP contribution in [0.1, 0.15) is 0 Å². The van der Waals surface area contributed by atoms with Gasteiger partial charge in [0, 0.05) is 7.05 Å². The third-order valence-electron chi connectivity index (χ3n) is 0.406. The van der Waals surface area contributed by atoms with Crippen LogP contribution in [0.2, 0.25) is 0 Å². The maximum absolute atomic E-state index is 10.0.